The SMILES string of the molecule is Cl.O=C(O)[CH]NCCCl. The smallest absolute Gasteiger partial charge is 0.322 e. The minimum absolute atomic E-state index is 0. The summed E-state index contributed by atoms with van der Waals surface area (Å²) in [6.45, 7) is 1.45. The molecule has 0 aliphatic rings. The zero-order valence-corrected chi connectivity index (χ0v) is 6.21. The van der Waals surface area contributed by atoms with Gasteiger partial charge in [-0.2, -0.15) is 0 Å². The fraction of sp³-hybridized carbons (Fsp3) is 0.500. The summed E-state index contributed by atoms with van der Waals surface area (Å²) >= 11 is 5.21. The monoisotopic (exact) mass is 172 g/mol. The predicted octanol–water partition coefficient (Wildman–Crippen LogP) is 0.483. The van der Waals surface area contributed by atoms with Crippen LogP contribution in [0, 0.1) is 6.54 Å². The lowest BCUT2D eigenvalue weighted by Gasteiger charge is -1.92. The van der Waals surface area contributed by atoms with E-state index >= 15 is 0 Å². The summed E-state index contributed by atoms with van der Waals surface area (Å²) in [7, 11) is 0. The molecule has 2 N–H and O–H groups in total. The fourth-order valence-electron chi connectivity index (χ4n) is 0.214. The first-order chi connectivity index (χ1) is 3.77. The average molecular weight is 173 g/mol. The Morgan fingerprint density at radius 2 is 2.33 bits per heavy atom. The van der Waals surface area contributed by atoms with Crippen molar-refractivity contribution in [3.8, 4) is 0 Å². The summed E-state index contributed by atoms with van der Waals surface area (Å²) in [5.41, 5.74) is 0. The van der Waals surface area contributed by atoms with Crippen LogP contribution in [0.5, 0.6) is 0 Å². The Morgan fingerprint density at radius 3 is 2.67 bits per heavy atom. The summed E-state index contributed by atoms with van der Waals surface area (Å²) in [5.74, 6) is -0.556. The normalized spacial score (nSPS) is 8.11. The van der Waals surface area contributed by atoms with Gasteiger partial charge in [0.25, 0.3) is 0 Å². The summed E-state index contributed by atoms with van der Waals surface area (Å²) in [5, 5.41) is 10.5. The van der Waals surface area contributed by atoms with Crippen molar-refractivity contribution in [1.82, 2.24) is 5.32 Å². The lowest BCUT2D eigenvalue weighted by atomic mass is 10.6. The first-order valence-electron chi connectivity index (χ1n) is 2.13. The van der Waals surface area contributed by atoms with Gasteiger partial charge >= 0.3 is 5.97 Å². The van der Waals surface area contributed by atoms with E-state index in [9.17, 15) is 4.79 Å². The highest BCUT2D eigenvalue weighted by molar-refractivity contribution is 6.18. The topological polar surface area (TPSA) is 49.3 Å². The molecule has 55 valence electrons. The highest BCUT2D eigenvalue weighted by Gasteiger charge is 1.92. The molecular formula is C4H8Cl2NO2. The van der Waals surface area contributed by atoms with E-state index in [1.165, 1.54) is 0 Å². The molecule has 0 aromatic carbocycles. The van der Waals surface area contributed by atoms with Crippen molar-refractivity contribution in [1.29, 1.82) is 0 Å². The largest absolute Gasteiger partial charge is 0.480 e. The van der Waals surface area contributed by atoms with E-state index in [2.05, 4.69) is 5.32 Å². The van der Waals surface area contributed by atoms with Crippen LogP contribution in [-0.4, -0.2) is 23.5 Å². The van der Waals surface area contributed by atoms with Gasteiger partial charge in [-0.1, -0.05) is 0 Å². The number of carboxylic acid groups (broad SMARTS) is 1. The highest BCUT2D eigenvalue weighted by atomic mass is 35.5. The van der Waals surface area contributed by atoms with E-state index in [1.54, 1.807) is 0 Å². The molecular weight excluding hydrogens is 165 g/mol. The van der Waals surface area contributed by atoms with Gasteiger partial charge in [-0.3, -0.25) is 4.79 Å². The fourth-order valence-corrected chi connectivity index (χ4v) is 0.323. The van der Waals surface area contributed by atoms with Crippen LogP contribution in [0.4, 0.5) is 0 Å². The van der Waals surface area contributed by atoms with Crippen molar-refractivity contribution in [3.63, 3.8) is 0 Å². The van der Waals surface area contributed by atoms with E-state index in [0.29, 0.717) is 12.4 Å². The predicted molar refractivity (Wildman–Crippen MR) is 37.9 cm³/mol. The summed E-state index contributed by atoms with van der Waals surface area (Å²) in [6, 6.07) is 0. The Kier molecular flexibility index (Phi) is 10.5. The molecule has 0 aliphatic carbocycles. The van der Waals surface area contributed by atoms with Crippen LogP contribution in [-0.2, 0) is 4.79 Å². The van der Waals surface area contributed by atoms with Gasteiger partial charge in [0.15, 0.2) is 0 Å². The van der Waals surface area contributed by atoms with Crippen molar-refractivity contribution in [2.45, 2.75) is 0 Å². The first kappa shape index (κ1) is 11.8. The van der Waals surface area contributed by atoms with Crippen LogP contribution < -0.4 is 5.32 Å². The van der Waals surface area contributed by atoms with Crippen LogP contribution in [0.1, 0.15) is 0 Å². The zero-order valence-electron chi connectivity index (χ0n) is 4.63. The standard InChI is InChI=1S/C4H7ClNO2.ClH/c5-1-2-6-3-4(7)8;/h3,6H,1-2H2,(H,7,8);1H. The molecule has 0 saturated heterocycles. The van der Waals surface area contributed by atoms with E-state index in [-0.39, 0.29) is 12.4 Å². The molecule has 0 amide bonds. The number of halogens is 2. The maximum absolute atomic E-state index is 9.71. The second-order valence-corrected chi connectivity index (χ2v) is 1.50. The van der Waals surface area contributed by atoms with Gasteiger partial charge in [0.05, 0.1) is 0 Å². The van der Waals surface area contributed by atoms with E-state index < -0.39 is 5.97 Å². The number of hydrogen-bond acceptors (Lipinski definition) is 2. The van der Waals surface area contributed by atoms with E-state index in [1.807, 2.05) is 0 Å². The number of hydrogen-bond donors (Lipinski definition) is 2. The average Bonchev–Trinajstić information content (AvgIpc) is 1.66. The number of rotatable bonds is 4. The Morgan fingerprint density at radius 1 is 1.78 bits per heavy atom. The number of carboxylic acids is 1. The molecule has 3 nitrogen and oxygen atoms in total. The van der Waals surface area contributed by atoms with E-state index in [4.69, 9.17) is 16.7 Å². The molecule has 9 heavy (non-hydrogen) atoms. The molecule has 0 unspecified atom stereocenters. The van der Waals surface area contributed by atoms with E-state index in [0.717, 1.165) is 6.54 Å². The van der Waals surface area contributed by atoms with Crippen molar-refractivity contribution in [2.75, 3.05) is 12.4 Å². The van der Waals surface area contributed by atoms with Crippen molar-refractivity contribution in [3.05, 3.63) is 6.54 Å². The molecule has 0 aromatic heterocycles. The van der Waals surface area contributed by atoms with Crippen LogP contribution in [0.15, 0.2) is 0 Å². The number of aliphatic carboxylic acids is 1. The summed E-state index contributed by atoms with van der Waals surface area (Å²) < 4.78 is 0. The molecule has 0 saturated carbocycles. The molecule has 0 aromatic rings. The Bertz CT molecular complexity index is 79.0. The minimum atomic E-state index is -0.977. The number of nitrogens with one attached hydrogen (secondary N) is 1. The highest BCUT2D eigenvalue weighted by Crippen LogP contribution is 1.71. The van der Waals surface area contributed by atoms with Gasteiger partial charge in [-0.05, 0) is 0 Å². The zero-order chi connectivity index (χ0) is 6.41. The Balaban J connectivity index is 0. The Hall–Kier alpha value is 0.01000. The van der Waals surface area contributed by atoms with Gasteiger partial charge in [0.1, 0.15) is 6.54 Å². The van der Waals surface area contributed by atoms with Crippen molar-refractivity contribution in [2.24, 2.45) is 0 Å². The first-order valence-corrected chi connectivity index (χ1v) is 2.66. The summed E-state index contributed by atoms with van der Waals surface area (Å²) in [4.78, 5) is 9.71. The van der Waals surface area contributed by atoms with Gasteiger partial charge < -0.3 is 10.4 Å². The van der Waals surface area contributed by atoms with Crippen LogP contribution in [0.3, 0.4) is 0 Å². The van der Waals surface area contributed by atoms with Gasteiger partial charge in [0, 0.05) is 12.4 Å². The maximum Gasteiger partial charge on any atom is 0.322 e. The van der Waals surface area contributed by atoms with Crippen LogP contribution >= 0.6 is 24.0 Å². The molecule has 0 fully saturated rings. The van der Waals surface area contributed by atoms with Crippen molar-refractivity contribution < 1.29 is 9.90 Å². The lowest BCUT2D eigenvalue weighted by Crippen LogP contribution is -2.18. The van der Waals surface area contributed by atoms with Crippen LogP contribution in [0.2, 0.25) is 0 Å². The molecule has 0 spiro atoms. The third-order valence-electron chi connectivity index (χ3n) is 0.464. The molecule has 0 rings (SSSR count). The molecule has 5 heteroatoms. The van der Waals surface area contributed by atoms with Gasteiger partial charge in [-0.25, -0.2) is 0 Å². The maximum atomic E-state index is 9.71. The molecule has 0 heterocycles. The molecule has 0 aliphatic heterocycles. The third kappa shape index (κ3) is 11.5. The second kappa shape index (κ2) is 8.01. The number of alkyl halides is 1. The summed E-state index contributed by atoms with van der Waals surface area (Å²) in [6.07, 6.45) is 0. The quantitative estimate of drug-likeness (QED) is 0.480. The van der Waals surface area contributed by atoms with Gasteiger partial charge in [-0.15, -0.1) is 24.0 Å². The second-order valence-electron chi connectivity index (χ2n) is 1.13. The Labute approximate surface area is 64.8 Å². The molecule has 0 atom stereocenters. The minimum Gasteiger partial charge on any atom is -0.480 e. The molecule has 0 bridgehead atoms. The lowest BCUT2D eigenvalue weighted by molar-refractivity contribution is -0.133. The van der Waals surface area contributed by atoms with Crippen molar-refractivity contribution >= 4 is 30.0 Å². The van der Waals surface area contributed by atoms with Gasteiger partial charge in [0.2, 0.25) is 0 Å². The number of carbonyl (C=O) groups is 1. The van der Waals surface area contributed by atoms with Crippen LogP contribution in [0.25, 0.3) is 0 Å². The molecule has 1 radical (unpaired) electrons. The third-order valence-corrected chi connectivity index (χ3v) is 0.653.